The zero-order chi connectivity index (χ0) is 25.0. The maximum Gasteiger partial charge on any atom is 0.252 e. The molecule has 0 radical (unpaired) electrons. The third kappa shape index (κ3) is 2.99. The van der Waals surface area contributed by atoms with Gasteiger partial charge in [-0.2, -0.15) is 0 Å². The summed E-state index contributed by atoms with van der Waals surface area (Å²) in [4.78, 5) is 16.4. The normalized spacial score (nSPS) is 37.6. The number of amides is 1. The van der Waals surface area contributed by atoms with E-state index in [1.165, 1.54) is 24.0 Å². The molecular formula is C30H35ClN2O5. The summed E-state index contributed by atoms with van der Waals surface area (Å²) in [7, 11) is 1.67. The molecule has 202 valence electrons. The van der Waals surface area contributed by atoms with Gasteiger partial charge in [0.1, 0.15) is 11.7 Å². The lowest BCUT2D eigenvalue weighted by Gasteiger charge is -2.72. The molecule has 2 aromatic carbocycles. The quantitative estimate of drug-likeness (QED) is 0.588. The van der Waals surface area contributed by atoms with Gasteiger partial charge in [0, 0.05) is 24.7 Å². The lowest BCUT2D eigenvalue weighted by molar-refractivity contribution is -0.345. The summed E-state index contributed by atoms with van der Waals surface area (Å²) in [6.07, 6.45) is 4.03. The molecule has 38 heavy (non-hydrogen) atoms. The largest absolute Gasteiger partial charge is 0.493 e. The fourth-order valence-electron chi connectivity index (χ4n) is 8.63. The Bertz CT molecular complexity index is 1290. The van der Waals surface area contributed by atoms with Crippen molar-refractivity contribution in [3.05, 3.63) is 59.2 Å². The average Bonchev–Trinajstić information content (AvgIpc) is 3.66. The topological polar surface area (TPSA) is 80.3 Å². The van der Waals surface area contributed by atoms with Crippen molar-refractivity contribution in [2.45, 2.75) is 79.9 Å². The van der Waals surface area contributed by atoms with E-state index in [2.05, 4.69) is 16.3 Å². The van der Waals surface area contributed by atoms with Crippen molar-refractivity contribution in [3.8, 4) is 11.5 Å². The van der Waals surface area contributed by atoms with E-state index in [9.17, 15) is 9.90 Å². The van der Waals surface area contributed by atoms with E-state index in [1.54, 1.807) is 7.11 Å². The number of methoxy groups -OCH3 is 1. The molecule has 6 atom stereocenters. The summed E-state index contributed by atoms with van der Waals surface area (Å²) < 4.78 is 19.5. The van der Waals surface area contributed by atoms with Crippen LogP contribution in [0.15, 0.2) is 42.5 Å². The van der Waals surface area contributed by atoms with Crippen LogP contribution in [0.1, 0.15) is 48.8 Å². The first kappa shape index (κ1) is 24.7. The predicted molar refractivity (Wildman–Crippen MR) is 143 cm³/mol. The number of ether oxygens (including phenoxy) is 3. The Morgan fingerprint density at radius 3 is 2.74 bits per heavy atom. The van der Waals surface area contributed by atoms with Crippen LogP contribution in [0.5, 0.6) is 11.5 Å². The van der Waals surface area contributed by atoms with Gasteiger partial charge in [0.05, 0.1) is 18.1 Å². The average molecular weight is 539 g/mol. The highest BCUT2D eigenvalue weighted by Gasteiger charge is 2.82. The lowest BCUT2D eigenvalue weighted by atomic mass is 9.44. The van der Waals surface area contributed by atoms with Gasteiger partial charge in [-0.15, -0.1) is 12.4 Å². The number of piperidine rings is 1. The third-order valence-corrected chi connectivity index (χ3v) is 10.4. The minimum Gasteiger partial charge on any atom is -0.493 e. The highest BCUT2D eigenvalue weighted by atomic mass is 35.5. The molecule has 2 saturated carbocycles. The number of hydrogen-bond acceptors (Lipinski definition) is 6. The van der Waals surface area contributed by atoms with Crippen molar-refractivity contribution in [2.75, 3.05) is 20.2 Å². The molecule has 8 heteroatoms. The third-order valence-electron chi connectivity index (χ3n) is 10.4. The summed E-state index contributed by atoms with van der Waals surface area (Å²) in [5, 5.41) is 15.4. The number of hydrogen-bond donors (Lipinski definition) is 2. The van der Waals surface area contributed by atoms with Crippen LogP contribution in [0.2, 0.25) is 0 Å². The minimum atomic E-state index is -1.41. The number of nitrogens with zero attached hydrogens (tertiary/aromatic N) is 1. The zero-order valence-electron chi connectivity index (χ0n) is 21.7. The van der Waals surface area contributed by atoms with Gasteiger partial charge < -0.3 is 24.6 Å². The van der Waals surface area contributed by atoms with Gasteiger partial charge in [-0.05, 0) is 68.2 Å². The van der Waals surface area contributed by atoms with Crippen LogP contribution in [0.25, 0.3) is 0 Å². The van der Waals surface area contributed by atoms with Crippen LogP contribution in [-0.2, 0) is 27.9 Å². The van der Waals surface area contributed by atoms with Crippen LogP contribution >= 0.6 is 12.4 Å². The van der Waals surface area contributed by atoms with Gasteiger partial charge in [-0.1, -0.05) is 36.4 Å². The van der Waals surface area contributed by atoms with E-state index < -0.39 is 28.8 Å². The molecule has 1 amide bonds. The monoisotopic (exact) mass is 538 g/mol. The first-order chi connectivity index (χ1) is 18.0. The second kappa shape index (κ2) is 8.34. The molecule has 5 fully saturated rings. The van der Waals surface area contributed by atoms with Gasteiger partial charge in [0.25, 0.3) is 5.91 Å². The van der Waals surface area contributed by atoms with Crippen molar-refractivity contribution >= 4 is 18.3 Å². The van der Waals surface area contributed by atoms with Crippen LogP contribution in [0, 0.1) is 5.92 Å². The highest BCUT2D eigenvalue weighted by molar-refractivity contribution is 5.85. The number of nitrogens with one attached hydrogen (secondary N) is 1. The summed E-state index contributed by atoms with van der Waals surface area (Å²) in [6.45, 7) is 2.45. The molecule has 4 aliphatic heterocycles. The molecule has 4 heterocycles. The van der Waals surface area contributed by atoms with E-state index in [1.807, 2.05) is 36.4 Å². The van der Waals surface area contributed by atoms with Crippen LogP contribution in [-0.4, -0.2) is 65.6 Å². The van der Waals surface area contributed by atoms with Crippen molar-refractivity contribution in [1.29, 1.82) is 0 Å². The second-order valence-corrected chi connectivity index (χ2v) is 12.1. The van der Waals surface area contributed by atoms with Crippen LogP contribution in [0.4, 0.5) is 0 Å². The SMILES string of the molecule is COc1ccc2c3c1OC1C4(O)CCC5(O[C@@H]4C(=O)NCc4ccccc4)C(C2)N(CC2CC2)CCC315.Cl. The van der Waals surface area contributed by atoms with Crippen molar-refractivity contribution in [3.63, 3.8) is 0 Å². The molecule has 2 aromatic rings. The smallest absolute Gasteiger partial charge is 0.252 e. The van der Waals surface area contributed by atoms with Gasteiger partial charge in [0.2, 0.25) is 0 Å². The molecule has 9 rings (SSSR count). The number of rotatable bonds is 6. The zero-order valence-corrected chi connectivity index (χ0v) is 22.5. The van der Waals surface area contributed by atoms with Crippen LogP contribution in [0.3, 0.4) is 0 Å². The number of aliphatic hydroxyl groups is 1. The Labute approximate surface area is 229 Å². The molecule has 4 bridgehead atoms. The van der Waals surface area contributed by atoms with Crippen molar-refractivity contribution in [1.82, 2.24) is 10.2 Å². The molecule has 3 aliphatic carbocycles. The molecule has 7 nitrogen and oxygen atoms in total. The molecule has 5 unspecified atom stereocenters. The minimum absolute atomic E-state index is 0. The van der Waals surface area contributed by atoms with Crippen molar-refractivity contribution < 1.29 is 24.1 Å². The predicted octanol–water partition coefficient (Wildman–Crippen LogP) is 3.14. The number of carbonyl (C=O) groups is 1. The van der Waals surface area contributed by atoms with Gasteiger partial charge in [-0.25, -0.2) is 0 Å². The van der Waals surface area contributed by atoms with Gasteiger partial charge in [-0.3, -0.25) is 9.69 Å². The summed E-state index contributed by atoms with van der Waals surface area (Å²) in [6, 6.07) is 14.2. The molecular weight excluding hydrogens is 504 g/mol. The Morgan fingerprint density at radius 2 is 1.97 bits per heavy atom. The fourth-order valence-corrected chi connectivity index (χ4v) is 8.63. The Balaban J connectivity index is 0.00000242. The van der Waals surface area contributed by atoms with E-state index in [-0.39, 0.29) is 24.4 Å². The second-order valence-electron chi connectivity index (χ2n) is 12.1. The summed E-state index contributed by atoms with van der Waals surface area (Å²) in [5.74, 6) is 1.95. The number of benzene rings is 2. The maximum absolute atomic E-state index is 13.7. The van der Waals surface area contributed by atoms with Crippen LogP contribution < -0.4 is 14.8 Å². The Morgan fingerprint density at radius 1 is 1.16 bits per heavy atom. The Kier molecular flexibility index (Phi) is 5.42. The van der Waals surface area contributed by atoms with Gasteiger partial charge in [0.15, 0.2) is 17.6 Å². The molecule has 2 spiro atoms. The summed E-state index contributed by atoms with van der Waals surface area (Å²) in [5.41, 5.74) is 0.999. The van der Waals surface area contributed by atoms with E-state index in [0.717, 1.165) is 49.6 Å². The van der Waals surface area contributed by atoms with Gasteiger partial charge >= 0.3 is 0 Å². The first-order valence-electron chi connectivity index (χ1n) is 13.8. The van der Waals surface area contributed by atoms with Crippen molar-refractivity contribution in [2.24, 2.45) is 5.92 Å². The van der Waals surface area contributed by atoms with E-state index in [4.69, 9.17) is 14.2 Å². The molecule has 3 saturated heterocycles. The number of likely N-dealkylation sites (tertiary alicyclic amines) is 1. The molecule has 2 N–H and O–H groups in total. The fraction of sp³-hybridized carbons (Fsp3) is 0.567. The summed E-state index contributed by atoms with van der Waals surface area (Å²) >= 11 is 0. The molecule has 7 aliphatic rings. The Hall–Kier alpha value is -2.32. The number of halogens is 1. The van der Waals surface area contributed by atoms with E-state index in [0.29, 0.717) is 18.7 Å². The number of fused-ring (bicyclic) bond motifs is 2. The standard InChI is InChI=1S/C30H34N2O5.ClH/c1-35-21-10-9-20-15-22-30-12-11-29(34,25(37-30)26(33)31-16-18-5-3-2-4-6-18)27-28(30,23(20)24(21)36-27)13-14-32(22)17-19-7-8-19;/h2-6,9-10,19,22,25,27,34H,7-8,11-17H2,1H3,(H,31,33);1H/t22?,25-,27?,28?,29?,30?;/m1./s1. The first-order valence-corrected chi connectivity index (χ1v) is 13.8. The lowest BCUT2D eigenvalue weighted by Crippen LogP contribution is -2.87. The highest BCUT2D eigenvalue weighted by Crippen LogP contribution is 2.71. The maximum atomic E-state index is 13.7. The molecule has 0 aromatic heterocycles. The number of carbonyl (C=O) groups excluding carboxylic acids is 1. The van der Waals surface area contributed by atoms with E-state index >= 15 is 0 Å².